The van der Waals surface area contributed by atoms with Crippen LogP contribution in [0.3, 0.4) is 0 Å². The molecule has 0 spiro atoms. The summed E-state index contributed by atoms with van der Waals surface area (Å²) in [5.74, 6) is 0.364. The predicted molar refractivity (Wildman–Crippen MR) is 104 cm³/mol. The number of aliphatic imine (C=N–C) groups is 1. The molecular formula is C16H28F3IN4O2. The number of nitrogens with zero attached hydrogens (tertiary/aromatic N) is 3. The molecule has 0 aromatic heterocycles. The van der Waals surface area contributed by atoms with Crippen molar-refractivity contribution in [2.24, 2.45) is 16.8 Å². The number of rotatable bonds is 4. The second-order valence-corrected chi connectivity index (χ2v) is 6.79. The zero-order valence-corrected chi connectivity index (χ0v) is 17.7. The van der Waals surface area contributed by atoms with Crippen molar-refractivity contribution in [3.05, 3.63) is 0 Å². The van der Waals surface area contributed by atoms with Crippen molar-refractivity contribution in [1.29, 1.82) is 0 Å². The lowest BCUT2D eigenvalue weighted by Gasteiger charge is -2.25. The number of carbonyl (C=O) groups excluding carboxylic acids is 1. The van der Waals surface area contributed by atoms with E-state index in [1.807, 2.05) is 18.7 Å². The molecule has 2 rings (SSSR count). The molecule has 2 heterocycles. The summed E-state index contributed by atoms with van der Waals surface area (Å²) >= 11 is 0. The van der Waals surface area contributed by atoms with E-state index in [1.165, 1.54) is 12.0 Å². The van der Waals surface area contributed by atoms with E-state index in [-0.39, 0.29) is 47.8 Å². The van der Waals surface area contributed by atoms with Crippen LogP contribution in [-0.4, -0.2) is 80.3 Å². The molecule has 0 amide bonds. The number of carbonyl (C=O) groups is 1. The smallest absolute Gasteiger partial charge is 0.401 e. The summed E-state index contributed by atoms with van der Waals surface area (Å²) in [5.41, 5.74) is 0. The Morgan fingerprint density at radius 2 is 2.00 bits per heavy atom. The maximum atomic E-state index is 12.5. The summed E-state index contributed by atoms with van der Waals surface area (Å²) in [6.45, 7) is 5.52. The van der Waals surface area contributed by atoms with Crippen molar-refractivity contribution >= 4 is 35.9 Å². The topological polar surface area (TPSA) is 57.2 Å². The summed E-state index contributed by atoms with van der Waals surface area (Å²) in [5, 5.41) is 3.29. The van der Waals surface area contributed by atoms with Crippen LogP contribution in [0.4, 0.5) is 13.2 Å². The van der Waals surface area contributed by atoms with Gasteiger partial charge in [0, 0.05) is 38.8 Å². The minimum absolute atomic E-state index is 0. The standard InChI is InChI=1S/C16H27F3N4O2.HI/c1-4-20-15(23-7-11(2)13(9-23)14(24)25-3)21-12-5-6-22(8-12)10-16(17,18)19;/h11-13H,4-10H2,1-3H3,(H,20,21);1H. The van der Waals surface area contributed by atoms with E-state index < -0.39 is 12.7 Å². The van der Waals surface area contributed by atoms with Gasteiger partial charge in [-0.25, -0.2) is 0 Å². The zero-order chi connectivity index (χ0) is 18.6. The summed E-state index contributed by atoms with van der Waals surface area (Å²) in [7, 11) is 1.38. The Morgan fingerprint density at radius 1 is 1.31 bits per heavy atom. The van der Waals surface area contributed by atoms with Crippen LogP contribution in [0.25, 0.3) is 0 Å². The monoisotopic (exact) mass is 492 g/mol. The Bertz CT molecular complexity index is 504. The minimum Gasteiger partial charge on any atom is -0.469 e. The van der Waals surface area contributed by atoms with Gasteiger partial charge in [-0.3, -0.25) is 14.7 Å². The number of likely N-dealkylation sites (tertiary alicyclic amines) is 2. The van der Waals surface area contributed by atoms with Gasteiger partial charge in [0.05, 0.1) is 19.6 Å². The van der Waals surface area contributed by atoms with Crippen molar-refractivity contribution < 1.29 is 22.7 Å². The molecule has 3 atom stereocenters. The highest BCUT2D eigenvalue weighted by Gasteiger charge is 2.38. The van der Waals surface area contributed by atoms with Crippen LogP contribution in [0, 0.1) is 11.8 Å². The van der Waals surface area contributed by atoms with Gasteiger partial charge in [0.25, 0.3) is 0 Å². The number of hydrogen-bond donors (Lipinski definition) is 1. The van der Waals surface area contributed by atoms with Crippen LogP contribution >= 0.6 is 24.0 Å². The Labute approximate surface area is 169 Å². The number of alkyl halides is 3. The van der Waals surface area contributed by atoms with E-state index >= 15 is 0 Å². The first kappa shape index (κ1) is 23.3. The van der Waals surface area contributed by atoms with Crippen LogP contribution in [0.1, 0.15) is 20.3 Å². The molecule has 0 aromatic carbocycles. The number of hydrogen-bond acceptors (Lipinski definition) is 4. The normalized spacial score (nSPS) is 27.4. The Kier molecular flexibility index (Phi) is 8.90. The van der Waals surface area contributed by atoms with E-state index in [9.17, 15) is 18.0 Å². The van der Waals surface area contributed by atoms with E-state index in [4.69, 9.17) is 4.74 Å². The molecule has 152 valence electrons. The fraction of sp³-hybridized carbons (Fsp3) is 0.875. The lowest BCUT2D eigenvalue weighted by molar-refractivity contribution is -0.146. The first-order chi connectivity index (χ1) is 11.7. The van der Waals surface area contributed by atoms with Crippen molar-refractivity contribution in [2.45, 2.75) is 32.5 Å². The van der Waals surface area contributed by atoms with E-state index in [1.54, 1.807) is 0 Å². The molecule has 2 aliphatic heterocycles. The fourth-order valence-corrected chi connectivity index (χ4v) is 3.51. The largest absolute Gasteiger partial charge is 0.469 e. The molecule has 0 aromatic rings. The molecule has 26 heavy (non-hydrogen) atoms. The number of methoxy groups -OCH3 is 1. The summed E-state index contributed by atoms with van der Waals surface area (Å²) < 4.78 is 42.4. The van der Waals surface area contributed by atoms with Gasteiger partial charge in [0.2, 0.25) is 0 Å². The van der Waals surface area contributed by atoms with Crippen LogP contribution in [0.2, 0.25) is 0 Å². The Balaban J connectivity index is 0.00000338. The van der Waals surface area contributed by atoms with Crippen molar-refractivity contribution in [2.75, 3.05) is 46.4 Å². The number of nitrogens with one attached hydrogen (secondary N) is 1. The highest BCUT2D eigenvalue weighted by Crippen LogP contribution is 2.25. The molecule has 10 heteroatoms. The maximum absolute atomic E-state index is 12.5. The second-order valence-electron chi connectivity index (χ2n) is 6.79. The van der Waals surface area contributed by atoms with Gasteiger partial charge in [-0.1, -0.05) is 6.92 Å². The molecule has 1 N–H and O–H groups in total. The SMILES string of the molecule is CCN=C(NC1CCN(CC(F)(F)F)C1)N1CC(C)C(C(=O)OC)C1.I. The number of guanidine groups is 1. The molecule has 2 fully saturated rings. The Morgan fingerprint density at radius 3 is 2.58 bits per heavy atom. The van der Waals surface area contributed by atoms with E-state index in [0.717, 1.165) is 0 Å². The zero-order valence-electron chi connectivity index (χ0n) is 15.4. The number of ether oxygens (including phenoxy) is 1. The highest BCUT2D eigenvalue weighted by atomic mass is 127. The van der Waals surface area contributed by atoms with Crippen molar-refractivity contribution in [3.63, 3.8) is 0 Å². The predicted octanol–water partition coefficient (Wildman–Crippen LogP) is 1.95. The molecule has 2 aliphatic rings. The van der Waals surface area contributed by atoms with Crippen LogP contribution < -0.4 is 5.32 Å². The van der Waals surface area contributed by atoms with Gasteiger partial charge in [-0.15, -0.1) is 24.0 Å². The number of halogens is 4. The lowest BCUT2D eigenvalue weighted by Crippen LogP contribution is -2.47. The molecule has 2 saturated heterocycles. The van der Waals surface area contributed by atoms with Gasteiger partial charge in [-0.2, -0.15) is 13.2 Å². The average Bonchev–Trinajstić information content (AvgIpc) is 3.11. The molecule has 0 aliphatic carbocycles. The maximum Gasteiger partial charge on any atom is 0.401 e. The molecular weight excluding hydrogens is 464 g/mol. The van der Waals surface area contributed by atoms with Gasteiger partial charge >= 0.3 is 12.1 Å². The first-order valence-electron chi connectivity index (χ1n) is 8.66. The summed E-state index contributed by atoms with van der Waals surface area (Å²) in [6.07, 6.45) is -3.53. The number of esters is 1. The molecule has 0 saturated carbocycles. The van der Waals surface area contributed by atoms with Crippen LogP contribution in [0.5, 0.6) is 0 Å². The van der Waals surface area contributed by atoms with Gasteiger partial charge < -0.3 is 15.0 Å². The molecule has 0 bridgehead atoms. The van der Waals surface area contributed by atoms with Crippen molar-refractivity contribution in [1.82, 2.24) is 15.1 Å². The van der Waals surface area contributed by atoms with E-state index in [0.29, 0.717) is 45.1 Å². The van der Waals surface area contributed by atoms with Crippen LogP contribution in [-0.2, 0) is 9.53 Å². The molecule has 6 nitrogen and oxygen atoms in total. The third-order valence-corrected chi connectivity index (χ3v) is 4.73. The fourth-order valence-electron chi connectivity index (χ4n) is 3.51. The highest BCUT2D eigenvalue weighted by molar-refractivity contribution is 14.0. The van der Waals surface area contributed by atoms with Gasteiger partial charge in [0.1, 0.15) is 0 Å². The van der Waals surface area contributed by atoms with Crippen LogP contribution in [0.15, 0.2) is 4.99 Å². The summed E-state index contributed by atoms with van der Waals surface area (Å²) in [6, 6.07) is -0.0693. The third-order valence-electron chi connectivity index (χ3n) is 4.73. The van der Waals surface area contributed by atoms with E-state index in [2.05, 4.69) is 10.3 Å². The molecule has 3 unspecified atom stereocenters. The minimum atomic E-state index is -4.17. The van der Waals surface area contributed by atoms with Gasteiger partial charge in [-0.05, 0) is 19.3 Å². The Hall–Kier alpha value is -0.780. The third kappa shape index (κ3) is 6.43. The first-order valence-corrected chi connectivity index (χ1v) is 8.66. The molecule has 0 radical (unpaired) electrons. The average molecular weight is 492 g/mol. The van der Waals surface area contributed by atoms with Crippen molar-refractivity contribution in [3.8, 4) is 0 Å². The second kappa shape index (κ2) is 9.95. The summed E-state index contributed by atoms with van der Waals surface area (Å²) in [4.78, 5) is 19.7. The quantitative estimate of drug-likeness (QED) is 0.282. The van der Waals surface area contributed by atoms with Gasteiger partial charge in [0.15, 0.2) is 5.96 Å². The lowest BCUT2D eigenvalue weighted by atomic mass is 9.99.